The smallest absolute Gasteiger partial charge is 0.271 e. The standard InChI is InChI=1S/C19H16FN3O/c20-16-9-5-4-6-14(16)12-13-21-19(24)18-11-10-17(22-23-18)15-7-2-1-3-8-15/h1-11H,12-13H2,(H,21,24). The number of carbonyl (C=O) groups excluding carboxylic acids is 1. The van der Waals surface area contributed by atoms with Gasteiger partial charge in [-0.2, -0.15) is 0 Å². The second-order valence-corrected chi connectivity index (χ2v) is 5.27. The fourth-order valence-corrected chi connectivity index (χ4v) is 2.32. The van der Waals surface area contributed by atoms with Gasteiger partial charge in [0.25, 0.3) is 5.91 Å². The van der Waals surface area contributed by atoms with Gasteiger partial charge in [0.15, 0.2) is 5.69 Å². The van der Waals surface area contributed by atoms with E-state index >= 15 is 0 Å². The second-order valence-electron chi connectivity index (χ2n) is 5.27. The first-order valence-corrected chi connectivity index (χ1v) is 7.65. The van der Waals surface area contributed by atoms with Gasteiger partial charge in [-0.05, 0) is 30.2 Å². The van der Waals surface area contributed by atoms with Gasteiger partial charge in [-0.25, -0.2) is 4.39 Å². The monoisotopic (exact) mass is 321 g/mol. The van der Waals surface area contributed by atoms with Crippen LogP contribution in [0.2, 0.25) is 0 Å². The molecule has 0 spiro atoms. The highest BCUT2D eigenvalue weighted by Crippen LogP contribution is 2.15. The Morgan fingerprint density at radius 1 is 0.917 bits per heavy atom. The van der Waals surface area contributed by atoms with Crippen molar-refractivity contribution in [3.8, 4) is 11.3 Å². The van der Waals surface area contributed by atoms with Crippen LogP contribution in [0.1, 0.15) is 16.1 Å². The van der Waals surface area contributed by atoms with Crippen molar-refractivity contribution in [2.24, 2.45) is 0 Å². The minimum atomic E-state index is -0.321. The molecule has 0 aliphatic rings. The van der Waals surface area contributed by atoms with Crippen LogP contribution in [0, 0.1) is 5.82 Å². The number of amides is 1. The van der Waals surface area contributed by atoms with Crippen LogP contribution in [-0.4, -0.2) is 22.6 Å². The van der Waals surface area contributed by atoms with Crippen molar-refractivity contribution in [1.29, 1.82) is 0 Å². The average molecular weight is 321 g/mol. The molecule has 0 atom stereocenters. The Labute approximate surface area is 139 Å². The maximum absolute atomic E-state index is 13.5. The summed E-state index contributed by atoms with van der Waals surface area (Å²) >= 11 is 0. The summed E-state index contributed by atoms with van der Waals surface area (Å²) in [6.45, 7) is 0.335. The predicted octanol–water partition coefficient (Wildman–Crippen LogP) is 3.26. The number of benzene rings is 2. The molecule has 0 unspecified atom stereocenters. The van der Waals surface area contributed by atoms with E-state index in [4.69, 9.17) is 0 Å². The Bertz CT molecular complexity index is 820. The number of nitrogens with zero attached hydrogens (tertiary/aromatic N) is 2. The highest BCUT2D eigenvalue weighted by Gasteiger charge is 2.09. The van der Waals surface area contributed by atoms with E-state index in [1.54, 1.807) is 30.3 Å². The molecule has 0 bridgehead atoms. The van der Waals surface area contributed by atoms with Crippen LogP contribution in [0.15, 0.2) is 66.7 Å². The van der Waals surface area contributed by atoms with Crippen LogP contribution in [0.4, 0.5) is 4.39 Å². The lowest BCUT2D eigenvalue weighted by molar-refractivity contribution is 0.0948. The van der Waals surface area contributed by atoms with Gasteiger partial charge < -0.3 is 5.32 Å². The number of aromatic nitrogens is 2. The van der Waals surface area contributed by atoms with Gasteiger partial charge in [-0.15, -0.1) is 10.2 Å². The number of halogens is 1. The van der Waals surface area contributed by atoms with Gasteiger partial charge in [0.2, 0.25) is 0 Å². The van der Waals surface area contributed by atoms with Gasteiger partial charge in [-0.1, -0.05) is 48.5 Å². The Morgan fingerprint density at radius 2 is 1.67 bits per heavy atom. The third kappa shape index (κ3) is 3.81. The summed E-state index contributed by atoms with van der Waals surface area (Å²) in [5, 5.41) is 10.8. The number of hydrogen-bond donors (Lipinski definition) is 1. The summed E-state index contributed by atoms with van der Waals surface area (Å²) in [5.74, 6) is -0.586. The summed E-state index contributed by atoms with van der Waals surface area (Å²) in [7, 11) is 0. The quantitative estimate of drug-likeness (QED) is 0.785. The van der Waals surface area contributed by atoms with Crippen LogP contribution in [0.25, 0.3) is 11.3 Å². The molecular formula is C19H16FN3O. The molecule has 0 fully saturated rings. The van der Waals surface area contributed by atoms with Gasteiger partial charge in [0.1, 0.15) is 5.82 Å². The molecule has 120 valence electrons. The molecule has 1 N–H and O–H groups in total. The summed E-state index contributed by atoms with van der Waals surface area (Å²) in [4.78, 5) is 12.1. The van der Waals surface area contributed by atoms with E-state index in [9.17, 15) is 9.18 Å². The predicted molar refractivity (Wildman–Crippen MR) is 89.9 cm³/mol. The Kier molecular flexibility index (Phi) is 4.91. The Morgan fingerprint density at radius 3 is 2.38 bits per heavy atom. The van der Waals surface area contributed by atoms with Crippen LogP contribution < -0.4 is 5.32 Å². The molecule has 3 rings (SSSR count). The largest absolute Gasteiger partial charge is 0.350 e. The maximum atomic E-state index is 13.5. The van der Waals surface area contributed by atoms with Crippen molar-refractivity contribution in [2.45, 2.75) is 6.42 Å². The molecule has 2 aromatic carbocycles. The number of hydrogen-bond acceptors (Lipinski definition) is 3. The first-order chi connectivity index (χ1) is 11.7. The van der Waals surface area contributed by atoms with Gasteiger partial charge in [0, 0.05) is 12.1 Å². The molecule has 0 aliphatic carbocycles. The maximum Gasteiger partial charge on any atom is 0.271 e. The normalized spacial score (nSPS) is 10.4. The zero-order chi connectivity index (χ0) is 16.8. The minimum Gasteiger partial charge on any atom is -0.350 e. The first-order valence-electron chi connectivity index (χ1n) is 7.65. The van der Waals surface area contributed by atoms with Crippen molar-refractivity contribution in [2.75, 3.05) is 6.54 Å². The fourth-order valence-electron chi connectivity index (χ4n) is 2.32. The third-order valence-corrected chi connectivity index (χ3v) is 3.60. The molecule has 1 heterocycles. The van der Waals surface area contributed by atoms with E-state index in [0.29, 0.717) is 24.2 Å². The van der Waals surface area contributed by atoms with Gasteiger partial charge in [0.05, 0.1) is 5.69 Å². The molecule has 5 heteroatoms. The molecule has 24 heavy (non-hydrogen) atoms. The summed E-state index contributed by atoms with van der Waals surface area (Å²) in [5.41, 5.74) is 2.46. The lowest BCUT2D eigenvalue weighted by Gasteiger charge is -2.06. The van der Waals surface area contributed by atoms with Gasteiger partial charge >= 0.3 is 0 Å². The molecule has 3 aromatic rings. The van der Waals surface area contributed by atoms with Crippen molar-refractivity contribution >= 4 is 5.91 Å². The molecule has 1 aromatic heterocycles. The van der Waals surface area contributed by atoms with E-state index in [1.165, 1.54) is 6.07 Å². The summed E-state index contributed by atoms with van der Waals surface area (Å²) in [6, 6.07) is 19.5. The average Bonchev–Trinajstić information content (AvgIpc) is 2.64. The third-order valence-electron chi connectivity index (χ3n) is 3.60. The molecule has 1 amide bonds. The van der Waals surface area contributed by atoms with Crippen LogP contribution in [0.3, 0.4) is 0 Å². The van der Waals surface area contributed by atoms with Crippen LogP contribution in [-0.2, 0) is 6.42 Å². The highest BCUT2D eigenvalue weighted by atomic mass is 19.1. The zero-order valence-electron chi connectivity index (χ0n) is 12.9. The van der Waals surface area contributed by atoms with E-state index in [2.05, 4.69) is 15.5 Å². The molecule has 4 nitrogen and oxygen atoms in total. The minimum absolute atomic E-state index is 0.239. The zero-order valence-corrected chi connectivity index (χ0v) is 12.9. The number of rotatable bonds is 5. The van der Waals surface area contributed by atoms with Crippen molar-refractivity contribution in [3.63, 3.8) is 0 Å². The van der Waals surface area contributed by atoms with Gasteiger partial charge in [-0.3, -0.25) is 4.79 Å². The molecule has 0 saturated carbocycles. The topological polar surface area (TPSA) is 54.9 Å². The summed E-state index contributed by atoms with van der Waals surface area (Å²) < 4.78 is 13.5. The van der Waals surface area contributed by atoms with Crippen molar-refractivity contribution in [1.82, 2.24) is 15.5 Å². The SMILES string of the molecule is O=C(NCCc1ccccc1F)c1ccc(-c2ccccc2)nn1. The van der Waals surface area contributed by atoms with E-state index < -0.39 is 0 Å². The van der Waals surface area contributed by atoms with Crippen LogP contribution in [0.5, 0.6) is 0 Å². The molecule has 0 radical (unpaired) electrons. The lowest BCUT2D eigenvalue weighted by Crippen LogP contribution is -2.27. The van der Waals surface area contributed by atoms with Crippen molar-refractivity contribution in [3.05, 3.63) is 83.8 Å². The Balaban J connectivity index is 1.58. The first kappa shape index (κ1) is 15.8. The second kappa shape index (κ2) is 7.46. The van der Waals surface area contributed by atoms with E-state index in [-0.39, 0.29) is 17.4 Å². The lowest BCUT2D eigenvalue weighted by atomic mass is 10.1. The highest BCUT2D eigenvalue weighted by molar-refractivity contribution is 5.92. The van der Waals surface area contributed by atoms with E-state index in [1.807, 2.05) is 30.3 Å². The summed E-state index contributed by atoms with van der Waals surface area (Å²) in [6.07, 6.45) is 0.425. The van der Waals surface area contributed by atoms with E-state index in [0.717, 1.165) is 5.56 Å². The number of carbonyl (C=O) groups is 1. The van der Waals surface area contributed by atoms with Crippen molar-refractivity contribution < 1.29 is 9.18 Å². The molecule has 0 aliphatic heterocycles. The molecular weight excluding hydrogens is 305 g/mol. The Hall–Kier alpha value is -3.08. The fraction of sp³-hybridized carbons (Fsp3) is 0.105. The molecule has 0 saturated heterocycles. The van der Waals surface area contributed by atoms with Crippen LogP contribution >= 0.6 is 0 Å². The number of nitrogens with one attached hydrogen (secondary N) is 1.